The van der Waals surface area contributed by atoms with Gasteiger partial charge in [0.15, 0.2) is 0 Å². The first-order chi connectivity index (χ1) is 8.70. The van der Waals surface area contributed by atoms with Crippen LogP contribution in [0.4, 0.5) is 5.69 Å². The molecule has 0 radical (unpaired) electrons. The van der Waals surface area contributed by atoms with Crippen molar-refractivity contribution in [2.24, 2.45) is 0 Å². The molecule has 2 rings (SSSR count). The second kappa shape index (κ2) is 6.07. The van der Waals surface area contributed by atoms with Crippen molar-refractivity contribution in [1.82, 2.24) is 5.32 Å². The third-order valence-electron chi connectivity index (χ3n) is 3.24. The fourth-order valence-corrected chi connectivity index (χ4v) is 2.30. The van der Waals surface area contributed by atoms with Gasteiger partial charge in [-0.1, -0.05) is 0 Å². The number of rotatable bonds is 3. The molecule has 1 aliphatic rings. The van der Waals surface area contributed by atoms with Gasteiger partial charge in [0.2, 0.25) is 0 Å². The number of aliphatic hydroxyl groups excluding tert-OH is 1. The fraction of sp³-hybridized carbons (Fsp3) is 0.571. The lowest BCUT2D eigenvalue weighted by molar-refractivity contribution is 0.184. The number of nitrogens with one attached hydrogen (secondary N) is 1. The number of hydrogen-bond donors (Lipinski definition) is 2. The minimum atomic E-state index is -0.318. The maximum Gasteiger partial charge on any atom is 0.119 e. The highest BCUT2D eigenvalue weighted by atomic mass is 16.5. The SMILES string of the molecule is CCOc1ccc(N2CC(O)CNCC2C)cc1. The van der Waals surface area contributed by atoms with Crippen molar-refractivity contribution in [3.63, 3.8) is 0 Å². The van der Waals surface area contributed by atoms with Gasteiger partial charge in [0.25, 0.3) is 0 Å². The fourth-order valence-electron chi connectivity index (χ4n) is 2.30. The first-order valence-corrected chi connectivity index (χ1v) is 6.59. The monoisotopic (exact) mass is 250 g/mol. The molecule has 1 aromatic rings. The summed E-state index contributed by atoms with van der Waals surface area (Å²) in [6.45, 7) is 7.06. The van der Waals surface area contributed by atoms with Crippen LogP contribution >= 0.6 is 0 Å². The zero-order valence-electron chi connectivity index (χ0n) is 11.1. The molecule has 0 spiro atoms. The number of anilines is 1. The van der Waals surface area contributed by atoms with Crippen LogP contribution in [0, 0.1) is 0 Å². The third-order valence-corrected chi connectivity index (χ3v) is 3.24. The summed E-state index contributed by atoms with van der Waals surface area (Å²) >= 11 is 0. The number of aliphatic hydroxyl groups is 1. The van der Waals surface area contributed by atoms with E-state index < -0.39 is 0 Å². The van der Waals surface area contributed by atoms with Gasteiger partial charge in [-0.25, -0.2) is 0 Å². The summed E-state index contributed by atoms with van der Waals surface area (Å²) in [6.07, 6.45) is -0.318. The Kier molecular flexibility index (Phi) is 4.44. The lowest BCUT2D eigenvalue weighted by Gasteiger charge is -2.30. The quantitative estimate of drug-likeness (QED) is 0.847. The average Bonchev–Trinajstić information content (AvgIpc) is 2.53. The molecule has 1 fully saturated rings. The summed E-state index contributed by atoms with van der Waals surface area (Å²) in [7, 11) is 0. The molecule has 4 heteroatoms. The molecular formula is C14H22N2O2. The van der Waals surface area contributed by atoms with E-state index in [-0.39, 0.29) is 6.10 Å². The third kappa shape index (κ3) is 3.15. The van der Waals surface area contributed by atoms with Gasteiger partial charge >= 0.3 is 0 Å². The largest absolute Gasteiger partial charge is 0.494 e. The molecule has 1 heterocycles. The number of benzene rings is 1. The highest BCUT2D eigenvalue weighted by Crippen LogP contribution is 2.22. The molecule has 4 nitrogen and oxygen atoms in total. The summed E-state index contributed by atoms with van der Waals surface area (Å²) < 4.78 is 5.44. The lowest BCUT2D eigenvalue weighted by Crippen LogP contribution is -2.39. The van der Waals surface area contributed by atoms with Crippen molar-refractivity contribution in [2.75, 3.05) is 31.1 Å². The van der Waals surface area contributed by atoms with Gasteiger partial charge in [-0.2, -0.15) is 0 Å². The molecular weight excluding hydrogens is 228 g/mol. The topological polar surface area (TPSA) is 44.7 Å². The van der Waals surface area contributed by atoms with Gasteiger partial charge in [0.05, 0.1) is 12.7 Å². The van der Waals surface area contributed by atoms with E-state index in [1.807, 2.05) is 19.1 Å². The van der Waals surface area contributed by atoms with Crippen LogP contribution in [0.2, 0.25) is 0 Å². The number of hydrogen-bond acceptors (Lipinski definition) is 4. The summed E-state index contributed by atoms with van der Waals surface area (Å²) in [4.78, 5) is 2.24. The van der Waals surface area contributed by atoms with Crippen molar-refractivity contribution in [3.8, 4) is 5.75 Å². The molecule has 100 valence electrons. The maximum atomic E-state index is 9.85. The Hall–Kier alpha value is -1.26. The van der Waals surface area contributed by atoms with E-state index in [2.05, 4.69) is 29.3 Å². The van der Waals surface area contributed by atoms with Crippen LogP contribution in [-0.4, -0.2) is 43.5 Å². The van der Waals surface area contributed by atoms with Gasteiger partial charge < -0.3 is 20.1 Å². The van der Waals surface area contributed by atoms with Crippen LogP contribution in [0.1, 0.15) is 13.8 Å². The van der Waals surface area contributed by atoms with Crippen LogP contribution < -0.4 is 15.0 Å². The van der Waals surface area contributed by atoms with Crippen LogP contribution in [-0.2, 0) is 0 Å². The minimum Gasteiger partial charge on any atom is -0.494 e. The van der Waals surface area contributed by atoms with Crippen LogP contribution in [0.25, 0.3) is 0 Å². The number of ether oxygens (including phenoxy) is 1. The average molecular weight is 250 g/mol. The van der Waals surface area contributed by atoms with Gasteiger partial charge in [-0.3, -0.25) is 0 Å². The standard InChI is InChI=1S/C14H22N2O2/c1-3-18-14-6-4-12(5-7-14)16-10-13(17)9-15-8-11(16)2/h4-7,11,13,15,17H,3,8-10H2,1-2H3. The normalized spacial score (nSPS) is 24.7. The first-order valence-electron chi connectivity index (χ1n) is 6.59. The van der Waals surface area contributed by atoms with Crippen molar-refractivity contribution >= 4 is 5.69 Å². The molecule has 0 amide bonds. The van der Waals surface area contributed by atoms with Crippen LogP contribution in [0.3, 0.4) is 0 Å². The van der Waals surface area contributed by atoms with E-state index in [0.29, 0.717) is 25.7 Å². The lowest BCUT2D eigenvalue weighted by atomic mass is 10.2. The molecule has 1 aliphatic heterocycles. The van der Waals surface area contributed by atoms with E-state index in [0.717, 1.165) is 18.0 Å². The van der Waals surface area contributed by atoms with E-state index in [4.69, 9.17) is 4.74 Å². The van der Waals surface area contributed by atoms with E-state index in [1.54, 1.807) is 0 Å². The van der Waals surface area contributed by atoms with E-state index in [9.17, 15) is 5.11 Å². The van der Waals surface area contributed by atoms with E-state index in [1.165, 1.54) is 0 Å². The van der Waals surface area contributed by atoms with Crippen LogP contribution in [0.15, 0.2) is 24.3 Å². The molecule has 0 bridgehead atoms. The Bertz CT molecular complexity index is 367. The van der Waals surface area contributed by atoms with Crippen LogP contribution in [0.5, 0.6) is 5.75 Å². The second-order valence-electron chi connectivity index (χ2n) is 4.74. The molecule has 0 aliphatic carbocycles. The van der Waals surface area contributed by atoms with Gasteiger partial charge in [-0.05, 0) is 38.1 Å². The first kappa shape index (κ1) is 13.2. The van der Waals surface area contributed by atoms with Gasteiger partial charge in [-0.15, -0.1) is 0 Å². The highest BCUT2D eigenvalue weighted by molar-refractivity contribution is 5.50. The molecule has 18 heavy (non-hydrogen) atoms. The predicted octanol–water partition coefficient (Wildman–Crippen LogP) is 1.24. The summed E-state index contributed by atoms with van der Waals surface area (Å²) in [5.74, 6) is 0.891. The zero-order chi connectivity index (χ0) is 13.0. The highest BCUT2D eigenvalue weighted by Gasteiger charge is 2.21. The molecule has 1 aromatic carbocycles. The van der Waals surface area contributed by atoms with Crippen molar-refractivity contribution < 1.29 is 9.84 Å². The van der Waals surface area contributed by atoms with Gasteiger partial charge in [0, 0.05) is 31.4 Å². The molecule has 2 unspecified atom stereocenters. The summed E-state index contributed by atoms with van der Waals surface area (Å²) in [5, 5.41) is 13.1. The number of β-amino-alcohol motifs (C(OH)–C–C–N with tert-alkyl or cyclic N) is 1. The number of nitrogens with zero attached hydrogens (tertiary/aromatic N) is 1. The smallest absolute Gasteiger partial charge is 0.119 e. The maximum absolute atomic E-state index is 9.85. The molecule has 0 aromatic heterocycles. The predicted molar refractivity (Wildman–Crippen MR) is 73.3 cm³/mol. The Balaban J connectivity index is 2.12. The molecule has 1 saturated heterocycles. The molecule has 2 N–H and O–H groups in total. The second-order valence-corrected chi connectivity index (χ2v) is 4.74. The molecule has 0 saturated carbocycles. The van der Waals surface area contributed by atoms with Crippen molar-refractivity contribution in [1.29, 1.82) is 0 Å². The van der Waals surface area contributed by atoms with Crippen molar-refractivity contribution in [2.45, 2.75) is 26.0 Å². The van der Waals surface area contributed by atoms with Crippen molar-refractivity contribution in [3.05, 3.63) is 24.3 Å². The Morgan fingerprint density at radius 1 is 1.33 bits per heavy atom. The minimum absolute atomic E-state index is 0.318. The zero-order valence-corrected chi connectivity index (χ0v) is 11.1. The van der Waals surface area contributed by atoms with Gasteiger partial charge in [0.1, 0.15) is 5.75 Å². The Labute approximate surface area is 109 Å². The Morgan fingerprint density at radius 3 is 2.72 bits per heavy atom. The summed E-state index contributed by atoms with van der Waals surface area (Å²) in [6, 6.07) is 8.45. The summed E-state index contributed by atoms with van der Waals surface area (Å²) in [5.41, 5.74) is 1.13. The molecule has 2 atom stereocenters. The Morgan fingerprint density at radius 2 is 2.06 bits per heavy atom. The van der Waals surface area contributed by atoms with E-state index >= 15 is 0 Å².